The van der Waals surface area contributed by atoms with Gasteiger partial charge in [-0.2, -0.15) is 0 Å². The van der Waals surface area contributed by atoms with Crippen molar-refractivity contribution in [1.29, 1.82) is 0 Å². The Labute approximate surface area is 597 Å². The van der Waals surface area contributed by atoms with Crippen LogP contribution in [0.2, 0.25) is 0 Å². The summed E-state index contributed by atoms with van der Waals surface area (Å²) in [6.07, 6.45) is 8.80. The zero-order valence-corrected chi connectivity index (χ0v) is 61.2. The highest BCUT2D eigenvalue weighted by Gasteiger charge is 2.20. The Kier molecular flexibility index (Phi) is 61.6. The number of ketones is 6. The molecular formula is C69H135N19O12. The van der Waals surface area contributed by atoms with Gasteiger partial charge in [-0.3, -0.25) is 57.5 Å². The molecule has 0 aromatic carbocycles. The standard InChI is InChI=1S/C69H135N19O12/c1-2-3-9-58(89)15-42-85(43-16-59(90)10-4-27-70)54-38-81-68(99)25-52-87(46-19-62(93)13-7-40-83(48-21-64(95)77-34-30-73)49-22-65(96)78-35-31-74)56-57-88(47-20-63(94)14-8-41-84(50-23-66(97)79-36-32-75)51-24-67(98)80-37-33-76)53-26-69(100)82-39-55-86(44-17-60(91)11-5-28-71)45-18-61(92)12-6-29-72/h2-57,70-76H2,1H3,(H,77,95)(H,78,96)(H,79,97)(H,80,98)(H,81,99)(H,82,100). The van der Waals surface area contributed by atoms with Crippen molar-refractivity contribution in [2.24, 2.45) is 40.1 Å². The Morgan fingerprint density at radius 2 is 0.390 bits per heavy atom. The van der Waals surface area contributed by atoms with Gasteiger partial charge in [-0.25, -0.2) is 0 Å². The summed E-state index contributed by atoms with van der Waals surface area (Å²) in [5.74, 6) is -0.853. The molecule has 0 saturated carbocycles. The van der Waals surface area contributed by atoms with Crippen LogP contribution in [-0.2, 0) is 57.5 Å². The first kappa shape index (κ1) is 94.3. The fraction of sp³-hybridized carbons (Fsp3) is 0.826. The number of nitrogens with zero attached hydrogens (tertiary/aromatic N) is 6. The maximum absolute atomic E-state index is 13.8. The molecular weight excluding hydrogens is 1290 g/mol. The number of nitrogens with one attached hydrogen (secondary N) is 6. The lowest BCUT2D eigenvalue weighted by Gasteiger charge is -2.28. The van der Waals surface area contributed by atoms with Crippen molar-refractivity contribution in [2.75, 3.05) is 203 Å². The monoisotopic (exact) mass is 1420 g/mol. The normalized spacial score (nSPS) is 11.5. The molecule has 0 saturated heterocycles. The van der Waals surface area contributed by atoms with Crippen LogP contribution in [0.3, 0.4) is 0 Å². The molecule has 31 nitrogen and oxygen atoms in total. The summed E-state index contributed by atoms with van der Waals surface area (Å²) in [4.78, 5) is 168. The van der Waals surface area contributed by atoms with Gasteiger partial charge in [-0.1, -0.05) is 13.3 Å². The van der Waals surface area contributed by atoms with Gasteiger partial charge in [0.15, 0.2) is 0 Å². The van der Waals surface area contributed by atoms with Crippen molar-refractivity contribution in [3.8, 4) is 0 Å². The fourth-order valence-electron chi connectivity index (χ4n) is 10.7. The van der Waals surface area contributed by atoms with Gasteiger partial charge in [-0.15, -0.1) is 0 Å². The number of rotatable bonds is 73. The van der Waals surface area contributed by atoms with E-state index < -0.39 is 0 Å². The zero-order chi connectivity index (χ0) is 74.2. The van der Waals surface area contributed by atoms with Gasteiger partial charge in [0.05, 0.1) is 0 Å². The van der Waals surface area contributed by atoms with Crippen LogP contribution in [-0.4, -0.2) is 302 Å². The Bertz CT molecular complexity index is 1880. The second kappa shape index (κ2) is 65.4. The minimum Gasteiger partial charge on any atom is -0.355 e. The summed E-state index contributed by atoms with van der Waals surface area (Å²) in [6.45, 7) is 13.0. The van der Waals surface area contributed by atoms with Gasteiger partial charge in [0.25, 0.3) is 0 Å². The van der Waals surface area contributed by atoms with Crippen LogP contribution in [0.1, 0.15) is 167 Å². The molecule has 0 aliphatic heterocycles. The highest BCUT2D eigenvalue weighted by molar-refractivity contribution is 5.82. The predicted octanol–water partition coefficient (Wildman–Crippen LogP) is -2.61. The zero-order valence-electron chi connectivity index (χ0n) is 61.2. The maximum Gasteiger partial charge on any atom is 0.221 e. The van der Waals surface area contributed by atoms with Crippen LogP contribution in [0.25, 0.3) is 0 Å². The lowest BCUT2D eigenvalue weighted by atomic mass is 10.1. The Hall–Kier alpha value is -5.68. The number of hydrogen-bond donors (Lipinski definition) is 13. The first-order chi connectivity index (χ1) is 48.2. The van der Waals surface area contributed by atoms with Crippen molar-refractivity contribution in [1.82, 2.24) is 61.3 Å². The molecule has 0 aliphatic carbocycles. The van der Waals surface area contributed by atoms with E-state index in [-0.39, 0.29) is 186 Å². The maximum atomic E-state index is 13.8. The average Bonchev–Trinajstić information content (AvgIpc) is 1.08. The molecule has 0 bridgehead atoms. The molecule has 0 aromatic heterocycles. The average molecular weight is 1420 g/mol. The molecule has 0 radical (unpaired) electrons. The van der Waals surface area contributed by atoms with E-state index in [0.717, 1.165) is 12.8 Å². The smallest absolute Gasteiger partial charge is 0.221 e. The Morgan fingerprint density at radius 3 is 0.610 bits per heavy atom. The molecule has 31 heteroatoms. The van der Waals surface area contributed by atoms with Gasteiger partial charge >= 0.3 is 0 Å². The van der Waals surface area contributed by atoms with E-state index in [1.54, 1.807) is 0 Å². The van der Waals surface area contributed by atoms with Gasteiger partial charge in [0.1, 0.15) is 34.7 Å². The largest absolute Gasteiger partial charge is 0.355 e. The van der Waals surface area contributed by atoms with Crippen LogP contribution < -0.4 is 72.0 Å². The SMILES string of the molecule is CCCCC(=O)CCN(CCNC(=O)CCN(CCC(=O)CCCN(CCC(=O)NCCN)CCC(=O)NCCN)CCN(CCC(=O)CCCN(CCC(=O)NCCN)CCC(=O)NCCN)CCC(=O)NCCN(CCC(=O)CCCN)CCC(=O)CCCN)CCC(=O)CCCN. The van der Waals surface area contributed by atoms with Crippen molar-refractivity contribution in [2.45, 2.75) is 167 Å². The molecule has 0 spiro atoms. The molecule has 0 heterocycles. The summed E-state index contributed by atoms with van der Waals surface area (Å²) in [5, 5.41) is 17.1. The minimum atomic E-state index is -0.245. The second-order valence-corrected chi connectivity index (χ2v) is 25.5. The molecule has 100 heavy (non-hydrogen) atoms. The van der Waals surface area contributed by atoms with Gasteiger partial charge in [0, 0.05) is 286 Å². The quantitative estimate of drug-likeness (QED) is 0.0297. The summed E-state index contributed by atoms with van der Waals surface area (Å²) >= 11 is 0. The number of carbonyl (C=O) groups excluding carboxylic acids is 12. The lowest BCUT2D eigenvalue weighted by Crippen LogP contribution is -2.41. The van der Waals surface area contributed by atoms with E-state index in [4.69, 9.17) is 40.1 Å². The minimum absolute atomic E-state index is 0.0251. The van der Waals surface area contributed by atoms with E-state index in [1.165, 1.54) is 0 Å². The van der Waals surface area contributed by atoms with Crippen molar-refractivity contribution in [3.05, 3.63) is 0 Å². The third kappa shape index (κ3) is 57.9. The lowest BCUT2D eigenvalue weighted by molar-refractivity contribution is -0.123. The molecule has 0 rings (SSSR count). The molecule has 6 amide bonds. The first-order valence-electron chi connectivity index (χ1n) is 37.2. The van der Waals surface area contributed by atoms with E-state index in [1.807, 2.05) is 36.3 Å². The highest BCUT2D eigenvalue weighted by Crippen LogP contribution is 2.10. The Morgan fingerprint density at radius 1 is 0.200 bits per heavy atom. The Balaban J connectivity index is 6.81. The first-order valence-corrected chi connectivity index (χ1v) is 37.2. The van der Waals surface area contributed by atoms with Crippen LogP contribution in [0.4, 0.5) is 0 Å². The molecule has 0 aromatic rings. The summed E-state index contributed by atoms with van der Waals surface area (Å²) < 4.78 is 0. The van der Waals surface area contributed by atoms with E-state index in [9.17, 15) is 57.5 Å². The number of Topliss-reactive ketones (excluding diaryl/α,β-unsaturated/α-hetero) is 6. The van der Waals surface area contributed by atoms with Gasteiger partial charge in [-0.05, 0) is 71.2 Å². The second-order valence-electron chi connectivity index (χ2n) is 25.5. The summed E-state index contributed by atoms with van der Waals surface area (Å²) in [5.41, 5.74) is 39.2. The van der Waals surface area contributed by atoms with E-state index in [2.05, 4.69) is 31.9 Å². The van der Waals surface area contributed by atoms with Crippen LogP contribution >= 0.6 is 0 Å². The number of nitrogens with two attached hydrogens (primary N) is 7. The third-order valence-electron chi connectivity index (χ3n) is 16.9. The number of hydrogen-bond acceptors (Lipinski definition) is 25. The van der Waals surface area contributed by atoms with E-state index in [0.29, 0.717) is 234 Å². The van der Waals surface area contributed by atoms with Gasteiger partial charge < -0.3 is 101 Å². The predicted molar refractivity (Wildman–Crippen MR) is 391 cm³/mol. The van der Waals surface area contributed by atoms with Gasteiger partial charge in [0.2, 0.25) is 35.4 Å². The fourth-order valence-corrected chi connectivity index (χ4v) is 10.7. The molecule has 0 unspecified atom stereocenters. The number of amides is 6. The van der Waals surface area contributed by atoms with Crippen LogP contribution in [0.15, 0.2) is 0 Å². The van der Waals surface area contributed by atoms with Crippen molar-refractivity contribution < 1.29 is 57.5 Å². The topological polar surface area (TPSA) is 479 Å². The van der Waals surface area contributed by atoms with E-state index >= 15 is 0 Å². The van der Waals surface area contributed by atoms with Crippen molar-refractivity contribution >= 4 is 70.1 Å². The third-order valence-corrected chi connectivity index (χ3v) is 16.9. The number of unbranched alkanes of at least 4 members (excludes halogenated alkanes) is 1. The molecule has 0 atom stereocenters. The molecule has 578 valence electrons. The van der Waals surface area contributed by atoms with Crippen LogP contribution in [0, 0.1) is 0 Å². The highest BCUT2D eigenvalue weighted by atomic mass is 16.2. The summed E-state index contributed by atoms with van der Waals surface area (Å²) in [7, 11) is 0. The molecule has 20 N–H and O–H groups in total. The number of carbonyl (C=O) groups is 12. The molecule has 0 aliphatic rings. The molecule has 0 fully saturated rings. The summed E-state index contributed by atoms with van der Waals surface area (Å²) in [6, 6.07) is 0. The van der Waals surface area contributed by atoms with Crippen LogP contribution in [0.5, 0.6) is 0 Å². The van der Waals surface area contributed by atoms with Crippen molar-refractivity contribution in [3.63, 3.8) is 0 Å².